The first-order chi connectivity index (χ1) is 7.36. The normalized spacial score (nSPS) is 37.7. The van der Waals surface area contributed by atoms with Gasteiger partial charge in [0.2, 0.25) is 0 Å². The molecule has 3 aliphatic rings. The quantitative estimate of drug-likeness (QED) is 0.733. The molecule has 3 aliphatic carbocycles. The van der Waals surface area contributed by atoms with Gasteiger partial charge < -0.3 is 9.47 Å². The third-order valence-electron chi connectivity index (χ3n) is 4.57. The highest BCUT2D eigenvalue weighted by molar-refractivity contribution is 5.63. The molecule has 1 aromatic rings. The molecule has 4 rings (SSSR count). The van der Waals surface area contributed by atoms with Crippen molar-refractivity contribution in [2.24, 2.45) is 11.8 Å². The smallest absolute Gasteiger partial charge is 0.122 e. The number of methoxy groups -OCH3 is 2. The Morgan fingerprint density at radius 1 is 1.07 bits per heavy atom. The summed E-state index contributed by atoms with van der Waals surface area (Å²) < 4.78 is 10.9. The molecule has 2 fully saturated rings. The van der Waals surface area contributed by atoms with Crippen LogP contribution in [0.5, 0.6) is 11.5 Å². The van der Waals surface area contributed by atoms with Crippen molar-refractivity contribution in [3.8, 4) is 11.5 Å². The first kappa shape index (κ1) is 8.03. The van der Waals surface area contributed by atoms with Gasteiger partial charge in [0, 0.05) is 11.1 Å². The van der Waals surface area contributed by atoms with E-state index in [0.29, 0.717) is 0 Å². The fourth-order valence-corrected chi connectivity index (χ4v) is 3.90. The molecule has 0 radical (unpaired) electrons. The summed E-state index contributed by atoms with van der Waals surface area (Å²) in [5, 5.41) is 0. The van der Waals surface area contributed by atoms with Crippen LogP contribution in [0.15, 0.2) is 12.1 Å². The van der Waals surface area contributed by atoms with E-state index in [4.69, 9.17) is 9.47 Å². The van der Waals surface area contributed by atoms with Crippen LogP contribution in [0.3, 0.4) is 0 Å². The van der Waals surface area contributed by atoms with Gasteiger partial charge in [-0.05, 0) is 42.2 Å². The molecule has 0 aromatic heterocycles. The predicted molar refractivity (Wildman–Crippen MR) is 56.6 cm³/mol. The molecule has 0 bridgehead atoms. The number of hydrogen-bond donors (Lipinski definition) is 0. The van der Waals surface area contributed by atoms with Crippen molar-refractivity contribution >= 4 is 0 Å². The highest BCUT2D eigenvalue weighted by Crippen LogP contribution is 2.80. The predicted octanol–water partition coefficient (Wildman–Crippen LogP) is 2.53. The third-order valence-corrected chi connectivity index (χ3v) is 4.57. The summed E-state index contributed by atoms with van der Waals surface area (Å²) in [6.45, 7) is 0. The van der Waals surface area contributed by atoms with Gasteiger partial charge in [-0.3, -0.25) is 0 Å². The second kappa shape index (κ2) is 2.31. The lowest BCUT2D eigenvalue weighted by Crippen LogP contribution is -2.16. The zero-order valence-electron chi connectivity index (χ0n) is 8.99. The van der Waals surface area contributed by atoms with Crippen LogP contribution in [-0.4, -0.2) is 14.2 Å². The van der Waals surface area contributed by atoms with Crippen LogP contribution in [0.1, 0.15) is 29.4 Å². The lowest BCUT2D eigenvalue weighted by atomic mass is 9.78. The average molecular weight is 202 g/mol. The summed E-state index contributed by atoms with van der Waals surface area (Å²) >= 11 is 0. The van der Waals surface area contributed by atoms with Crippen LogP contribution in [-0.2, 0) is 0 Å². The topological polar surface area (TPSA) is 18.5 Å². The number of rotatable bonds is 2. The highest BCUT2D eigenvalue weighted by Gasteiger charge is 2.70. The van der Waals surface area contributed by atoms with E-state index in [1.165, 1.54) is 17.5 Å². The molecule has 0 aliphatic heterocycles. The van der Waals surface area contributed by atoms with Gasteiger partial charge in [-0.25, -0.2) is 0 Å². The molecule has 0 unspecified atom stereocenters. The fraction of sp³-hybridized carbons (Fsp3) is 0.538. The second-order valence-electron chi connectivity index (χ2n) is 4.91. The van der Waals surface area contributed by atoms with Crippen LogP contribution in [0.25, 0.3) is 0 Å². The Morgan fingerprint density at radius 3 is 2.40 bits per heavy atom. The molecule has 0 amide bonds. The molecule has 0 spiro atoms. The van der Waals surface area contributed by atoms with Crippen LogP contribution in [0.4, 0.5) is 0 Å². The number of fused-ring (bicyclic) bond motifs is 4. The standard InChI is InChI=1S/C13H14O2/c1-14-8-3-4-9(15-2)13-11(8)6-5-7-10(6)12(7)13/h3-4,6-7,10,12H,5H2,1-2H3/t6-,7+,10-,12-/m1/s1. The molecule has 2 saturated carbocycles. The minimum atomic E-state index is 0.778. The number of hydrogen-bond acceptors (Lipinski definition) is 2. The summed E-state index contributed by atoms with van der Waals surface area (Å²) in [7, 11) is 3.53. The summed E-state index contributed by atoms with van der Waals surface area (Å²) in [5.41, 5.74) is 2.91. The van der Waals surface area contributed by atoms with Crippen molar-refractivity contribution in [2.75, 3.05) is 14.2 Å². The minimum Gasteiger partial charge on any atom is -0.496 e. The molecule has 2 heteroatoms. The van der Waals surface area contributed by atoms with Crippen LogP contribution >= 0.6 is 0 Å². The maximum atomic E-state index is 5.47. The molecule has 2 nitrogen and oxygen atoms in total. The fourth-order valence-electron chi connectivity index (χ4n) is 3.90. The molecular formula is C13H14O2. The summed E-state index contributed by atoms with van der Waals surface area (Å²) in [5.74, 6) is 5.63. The SMILES string of the molecule is COc1ccc(OC)c2c1[C@@H]1[C@H]3C[C@@H]2[C@H]31. The van der Waals surface area contributed by atoms with Gasteiger partial charge in [-0.1, -0.05) is 0 Å². The Kier molecular flexibility index (Phi) is 1.24. The van der Waals surface area contributed by atoms with Crippen molar-refractivity contribution in [2.45, 2.75) is 18.3 Å². The lowest BCUT2D eigenvalue weighted by molar-refractivity contribution is 0.351. The minimum absolute atomic E-state index is 0.778. The summed E-state index contributed by atoms with van der Waals surface area (Å²) in [6, 6.07) is 4.10. The molecule has 0 saturated heterocycles. The maximum Gasteiger partial charge on any atom is 0.122 e. The van der Waals surface area contributed by atoms with Gasteiger partial charge in [0.1, 0.15) is 11.5 Å². The molecule has 0 N–H and O–H groups in total. The zero-order valence-corrected chi connectivity index (χ0v) is 8.99. The van der Waals surface area contributed by atoms with Gasteiger partial charge in [0.05, 0.1) is 14.2 Å². The van der Waals surface area contributed by atoms with Crippen LogP contribution in [0.2, 0.25) is 0 Å². The maximum absolute atomic E-state index is 5.47. The largest absolute Gasteiger partial charge is 0.496 e. The first-order valence-corrected chi connectivity index (χ1v) is 5.61. The molecule has 78 valence electrons. The average Bonchev–Trinajstić information content (AvgIpc) is 2.73. The van der Waals surface area contributed by atoms with Gasteiger partial charge in [-0.2, -0.15) is 0 Å². The van der Waals surface area contributed by atoms with Crippen molar-refractivity contribution in [3.05, 3.63) is 23.3 Å². The third kappa shape index (κ3) is 0.715. The van der Waals surface area contributed by atoms with Crippen molar-refractivity contribution in [3.63, 3.8) is 0 Å². The van der Waals surface area contributed by atoms with Gasteiger partial charge in [0.25, 0.3) is 0 Å². The summed E-state index contributed by atoms with van der Waals surface area (Å²) in [4.78, 5) is 0. The monoisotopic (exact) mass is 202 g/mol. The van der Waals surface area contributed by atoms with Gasteiger partial charge in [-0.15, -0.1) is 0 Å². The number of benzene rings is 1. The Balaban J connectivity index is 1.97. The van der Waals surface area contributed by atoms with E-state index < -0.39 is 0 Å². The van der Waals surface area contributed by atoms with Crippen LogP contribution < -0.4 is 9.47 Å². The highest BCUT2D eigenvalue weighted by atomic mass is 16.5. The Hall–Kier alpha value is -1.18. The molecule has 4 atom stereocenters. The van der Waals surface area contributed by atoms with E-state index in [2.05, 4.69) is 12.1 Å². The Labute approximate surface area is 89.2 Å². The Bertz CT molecular complexity index is 419. The van der Waals surface area contributed by atoms with E-state index >= 15 is 0 Å². The Morgan fingerprint density at radius 2 is 1.73 bits per heavy atom. The molecule has 1 aromatic carbocycles. The second-order valence-corrected chi connectivity index (χ2v) is 4.91. The molecular weight excluding hydrogens is 188 g/mol. The van der Waals surface area contributed by atoms with Gasteiger partial charge >= 0.3 is 0 Å². The van der Waals surface area contributed by atoms with E-state index in [1.54, 1.807) is 14.2 Å². The summed E-state index contributed by atoms with van der Waals surface area (Å²) in [6.07, 6.45) is 1.38. The van der Waals surface area contributed by atoms with E-state index in [1.807, 2.05) is 0 Å². The van der Waals surface area contributed by atoms with E-state index in [9.17, 15) is 0 Å². The number of ether oxygens (including phenoxy) is 2. The van der Waals surface area contributed by atoms with Crippen molar-refractivity contribution in [1.82, 2.24) is 0 Å². The van der Waals surface area contributed by atoms with Crippen LogP contribution in [0, 0.1) is 11.8 Å². The molecule has 0 heterocycles. The van der Waals surface area contributed by atoms with E-state index in [-0.39, 0.29) is 0 Å². The lowest BCUT2D eigenvalue weighted by Gasteiger charge is -2.28. The van der Waals surface area contributed by atoms with Crippen molar-refractivity contribution in [1.29, 1.82) is 0 Å². The first-order valence-electron chi connectivity index (χ1n) is 5.61. The zero-order chi connectivity index (χ0) is 10.2. The van der Waals surface area contributed by atoms with Crippen molar-refractivity contribution < 1.29 is 9.47 Å². The van der Waals surface area contributed by atoms with E-state index in [0.717, 1.165) is 35.2 Å². The molecule has 15 heavy (non-hydrogen) atoms. The van der Waals surface area contributed by atoms with Gasteiger partial charge in [0.15, 0.2) is 0 Å².